The van der Waals surface area contributed by atoms with Crippen molar-refractivity contribution < 1.29 is 4.92 Å². The van der Waals surface area contributed by atoms with Crippen LogP contribution in [0.15, 0.2) is 30.7 Å². The Kier molecular flexibility index (Phi) is 4.97. The second kappa shape index (κ2) is 7.13. The first-order chi connectivity index (χ1) is 10.2. The van der Waals surface area contributed by atoms with E-state index in [0.29, 0.717) is 19.5 Å². The van der Waals surface area contributed by atoms with Gasteiger partial charge in [0.15, 0.2) is 0 Å². The van der Waals surface area contributed by atoms with Gasteiger partial charge in [-0.25, -0.2) is 9.97 Å². The van der Waals surface area contributed by atoms with E-state index < -0.39 is 4.92 Å². The Bertz CT molecular complexity index is 605. The van der Waals surface area contributed by atoms with E-state index in [1.807, 2.05) is 25.1 Å². The van der Waals surface area contributed by atoms with Crippen LogP contribution in [0.4, 0.5) is 17.3 Å². The maximum atomic E-state index is 11.2. The number of hydrogen-bond acceptors (Lipinski definition) is 7. The number of pyridine rings is 1. The number of aromatic nitrogens is 3. The lowest BCUT2D eigenvalue weighted by molar-refractivity contribution is -0.383. The second-order valence-electron chi connectivity index (χ2n) is 4.20. The highest BCUT2D eigenvalue weighted by molar-refractivity contribution is 5.69. The summed E-state index contributed by atoms with van der Waals surface area (Å²) in [5.74, 6) is 0.430. The first-order valence-corrected chi connectivity index (χ1v) is 6.59. The molecule has 0 saturated heterocycles. The summed E-state index contributed by atoms with van der Waals surface area (Å²) in [5.41, 5.74) is 0.772. The average molecular weight is 288 g/mol. The molecule has 2 heterocycles. The van der Waals surface area contributed by atoms with Gasteiger partial charge in [0, 0.05) is 31.4 Å². The molecule has 0 fully saturated rings. The highest BCUT2D eigenvalue weighted by Crippen LogP contribution is 2.28. The van der Waals surface area contributed by atoms with Crippen LogP contribution in [0, 0.1) is 10.1 Å². The maximum absolute atomic E-state index is 11.2. The number of nitrogens with zero attached hydrogens (tertiary/aromatic N) is 4. The van der Waals surface area contributed by atoms with Crippen molar-refractivity contribution >= 4 is 17.3 Å². The number of nitrogens with one attached hydrogen (secondary N) is 2. The van der Waals surface area contributed by atoms with Crippen molar-refractivity contribution in [3.05, 3.63) is 46.5 Å². The van der Waals surface area contributed by atoms with Gasteiger partial charge in [-0.1, -0.05) is 6.07 Å². The molecule has 8 heteroatoms. The predicted octanol–water partition coefficient (Wildman–Crippen LogP) is 1.87. The van der Waals surface area contributed by atoms with Crippen LogP contribution in [0.3, 0.4) is 0 Å². The van der Waals surface area contributed by atoms with Gasteiger partial charge in [0.2, 0.25) is 11.6 Å². The van der Waals surface area contributed by atoms with E-state index in [0.717, 1.165) is 5.69 Å². The van der Waals surface area contributed by atoms with E-state index in [-0.39, 0.29) is 17.3 Å². The Labute approximate surface area is 121 Å². The van der Waals surface area contributed by atoms with E-state index in [1.54, 1.807) is 6.20 Å². The van der Waals surface area contributed by atoms with Gasteiger partial charge in [0.25, 0.3) is 0 Å². The third-order valence-electron chi connectivity index (χ3n) is 2.75. The van der Waals surface area contributed by atoms with Gasteiger partial charge in [0.05, 0.1) is 4.92 Å². The average Bonchev–Trinajstić information content (AvgIpc) is 2.48. The molecule has 0 aliphatic rings. The van der Waals surface area contributed by atoms with Gasteiger partial charge < -0.3 is 10.6 Å². The quantitative estimate of drug-likeness (QED) is 0.591. The number of hydrogen-bond donors (Lipinski definition) is 2. The highest BCUT2D eigenvalue weighted by Gasteiger charge is 2.22. The van der Waals surface area contributed by atoms with E-state index in [2.05, 4.69) is 25.6 Å². The number of anilines is 2. The van der Waals surface area contributed by atoms with Crippen LogP contribution in [0.2, 0.25) is 0 Å². The number of nitro groups is 1. The smallest absolute Gasteiger partial charge is 0.353 e. The first-order valence-electron chi connectivity index (χ1n) is 6.59. The molecular weight excluding hydrogens is 272 g/mol. The van der Waals surface area contributed by atoms with Crippen LogP contribution in [-0.2, 0) is 6.42 Å². The Morgan fingerprint density at radius 3 is 2.57 bits per heavy atom. The lowest BCUT2D eigenvalue weighted by Crippen LogP contribution is -2.12. The van der Waals surface area contributed by atoms with Crippen molar-refractivity contribution in [1.29, 1.82) is 0 Å². The van der Waals surface area contributed by atoms with Crippen molar-refractivity contribution in [2.24, 2.45) is 0 Å². The fourth-order valence-electron chi connectivity index (χ4n) is 1.83. The van der Waals surface area contributed by atoms with Crippen molar-refractivity contribution in [3.8, 4) is 0 Å². The minimum absolute atomic E-state index is 0.139. The largest absolute Gasteiger partial charge is 0.364 e. The van der Waals surface area contributed by atoms with Gasteiger partial charge in [0.1, 0.15) is 6.33 Å². The van der Waals surface area contributed by atoms with Gasteiger partial charge in [-0.3, -0.25) is 15.1 Å². The molecule has 2 aromatic heterocycles. The maximum Gasteiger partial charge on any atom is 0.353 e. The van der Waals surface area contributed by atoms with Gasteiger partial charge in [-0.05, 0) is 19.1 Å². The minimum Gasteiger partial charge on any atom is -0.364 e. The molecule has 2 aromatic rings. The molecule has 8 nitrogen and oxygen atoms in total. The molecule has 110 valence electrons. The normalized spacial score (nSPS) is 10.1. The van der Waals surface area contributed by atoms with E-state index in [4.69, 9.17) is 0 Å². The summed E-state index contributed by atoms with van der Waals surface area (Å²) in [4.78, 5) is 22.7. The molecule has 0 aromatic carbocycles. The molecule has 0 atom stereocenters. The van der Waals surface area contributed by atoms with E-state index in [1.165, 1.54) is 6.33 Å². The molecule has 0 saturated carbocycles. The lowest BCUT2D eigenvalue weighted by Gasteiger charge is -2.08. The second-order valence-corrected chi connectivity index (χ2v) is 4.20. The van der Waals surface area contributed by atoms with Crippen LogP contribution in [0.5, 0.6) is 0 Å². The monoisotopic (exact) mass is 288 g/mol. The molecule has 2 N–H and O–H groups in total. The van der Waals surface area contributed by atoms with Crippen LogP contribution < -0.4 is 10.6 Å². The summed E-state index contributed by atoms with van der Waals surface area (Å²) in [6.45, 7) is 2.89. The zero-order chi connectivity index (χ0) is 15.1. The summed E-state index contributed by atoms with van der Waals surface area (Å²) in [6.07, 6.45) is 3.67. The van der Waals surface area contributed by atoms with Crippen molar-refractivity contribution in [2.45, 2.75) is 13.3 Å². The standard InChI is InChI=1S/C13H16N6O2/c1-2-14-12-11(19(20)21)13(18-9-17-12)16-8-6-10-5-3-4-7-15-10/h3-5,7,9H,2,6,8H2,1H3,(H2,14,16,17,18). The Morgan fingerprint density at radius 2 is 1.95 bits per heavy atom. The molecule has 0 aliphatic carbocycles. The Hall–Kier alpha value is -2.77. The van der Waals surface area contributed by atoms with E-state index in [9.17, 15) is 10.1 Å². The van der Waals surface area contributed by atoms with Gasteiger partial charge in [-0.2, -0.15) is 0 Å². The minimum atomic E-state index is -0.485. The molecule has 21 heavy (non-hydrogen) atoms. The summed E-state index contributed by atoms with van der Waals surface area (Å²) >= 11 is 0. The highest BCUT2D eigenvalue weighted by atomic mass is 16.6. The van der Waals surface area contributed by atoms with Crippen molar-refractivity contribution in [1.82, 2.24) is 15.0 Å². The molecule has 0 amide bonds. The topological polar surface area (TPSA) is 106 Å². The first kappa shape index (κ1) is 14.6. The Balaban J connectivity index is 2.08. The Morgan fingerprint density at radius 1 is 1.19 bits per heavy atom. The van der Waals surface area contributed by atoms with Crippen LogP contribution >= 0.6 is 0 Å². The van der Waals surface area contributed by atoms with Crippen molar-refractivity contribution in [2.75, 3.05) is 23.7 Å². The number of rotatable bonds is 7. The van der Waals surface area contributed by atoms with Gasteiger partial charge in [-0.15, -0.1) is 0 Å². The van der Waals surface area contributed by atoms with Crippen LogP contribution in [-0.4, -0.2) is 33.0 Å². The van der Waals surface area contributed by atoms with Crippen molar-refractivity contribution in [3.63, 3.8) is 0 Å². The molecule has 0 spiro atoms. The molecule has 0 unspecified atom stereocenters. The summed E-state index contributed by atoms with van der Waals surface area (Å²) in [5, 5.41) is 17.0. The molecule has 0 bridgehead atoms. The zero-order valence-electron chi connectivity index (χ0n) is 11.6. The molecule has 2 rings (SSSR count). The third kappa shape index (κ3) is 3.85. The fourth-order valence-corrected chi connectivity index (χ4v) is 1.83. The zero-order valence-corrected chi connectivity index (χ0v) is 11.6. The third-order valence-corrected chi connectivity index (χ3v) is 2.75. The molecule has 0 radical (unpaired) electrons. The summed E-state index contributed by atoms with van der Waals surface area (Å²) in [6, 6.07) is 5.65. The summed E-state index contributed by atoms with van der Waals surface area (Å²) in [7, 11) is 0. The predicted molar refractivity (Wildman–Crippen MR) is 79.3 cm³/mol. The molecular formula is C13H16N6O2. The lowest BCUT2D eigenvalue weighted by atomic mass is 10.2. The van der Waals surface area contributed by atoms with Crippen LogP contribution in [0.1, 0.15) is 12.6 Å². The van der Waals surface area contributed by atoms with E-state index >= 15 is 0 Å². The fraction of sp³-hybridized carbons (Fsp3) is 0.308. The summed E-state index contributed by atoms with van der Waals surface area (Å²) < 4.78 is 0. The van der Waals surface area contributed by atoms with Gasteiger partial charge >= 0.3 is 5.69 Å². The van der Waals surface area contributed by atoms with Crippen LogP contribution in [0.25, 0.3) is 0 Å². The SMILES string of the molecule is CCNc1ncnc(NCCc2ccccn2)c1[N+](=O)[O-]. The molecule has 0 aliphatic heterocycles.